The molecule has 8 heavy (non-hydrogen) atoms. The number of halogens is 1. The maximum Gasteiger partial charge on any atom is 0.0448 e. The van der Waals surface area contributed by atoms with E-state index in [0.717, 1.165) is 0 Å². The quantitative estimate of drug-likeness (QED) is 0.388. The van der Waals surface area contributed by atoms with Crippen molar-refractivity contribution in [1.82, 2.24) is 0 Å². The minimum absolute atomic E-state index is 0.153. The molecule has 0 amide bonds. The Balaban J connectivity index is 2.67. The zero-order valence-corrected chi connectivity index (χ0v) is 6.70. The first-order chi connectivity index (χ1) is 3.63. The summed E-state index contributed by atoms with van der Waals surface area (Å²) in [5.41, 5.74) is 0.153. The molecule has 44 valence electrons. The molecule has 0 aromatic carbocycles. The van der Waals surface area contributed by atoms with Gasteiger partial charge in [0, 0.05) is 10.2 Å². The average Bonchev–Trinajstić information content (AvgIpc) is 2.22. The molecule has 3 unspecified atom stereocenters. The standard InChI is InChI=1S/C7H9Br/c1-4-7(3)5(2)6(7)8/h1,5-6H,2-3H3. The van der Waals surface area contributed by atoms with Crippen molar-refractivity contribution in [3.05, 3.63) is 0 Å². The van der Waals surface area contributed by atoms with Crippen molar-refractivity contribution in [3.8, 4) is 12.3 Å². The molecular weight excluding hydrogens is 164 g/mol. The van der Waals surface area contributed by atoms with E-state index in [1.165, 1.54) is 0 Å². The molecule has 3 atom stereocenters. The Morgan fingerprint density at radius 1 is 1.75 bits per heavy atom. The molecule has 0 bridgehead atoms. The maximum atomic E-state index is 5.27. The largest absolute Gasteiger partial charge is 0.119 e. The summed E-state index contributed by atoms with van der Waals surface area (Å²) < 4.78 is 0. The van der Waals surface area contributed by atoms with Crippen LogP contribution in [0.1, 0.15) is 13.8 Å². The van der Waals surface area contributed by atoms with Crippen molar-refractivity contribution in [2.24, 2.45) is 11.3 Å². The van der Waals surface area contributed by atoms with Crippen LogP contribution in [0.2, 0.25) is 0 Å². The summed E-state index contributed by atoms with van der Waals surface area (Å²) >= 11 is 3.49. The number of terminal acetylenes is 1. The van der Waals surface area contributed by atoms with Gasteiger partial charge in [-0.15, -0.1) is 6.42 Å². The zero-order chi connectivity index (χ0) is 6.36. The molecule has 0 nitrogen and oxygen atoms in total. The van der Waals surface area contributed by atoms with Crippen LogP contribution >= 0.6 is 15.9 Å². The van der Waals surface area contributed by atoms with Crippen molar-refractivity contribution >= 4 is 15.9 Å². The monoisotopic (exact) mass is 172 g/mol. The number of alkyl halides is 1. The van der Waals surface area contributed by atoms with E-state index in [2.05, 4.69) is 35.7 Å². The lowest BCUT2D eigenvalue weighted by molar-refractivity contribution is 0.693. The van der Waals surface area contributed by atoms with Gasteiger partial charge in [-0.2, -0.15) is 0 Å². The van der Waals surface area contributed by atoms with Crippen LogP contribution < -0.4 is 0 Å². The third-order valence-electron chi connectivity index (χ3n) is 2.16. The molecule has 1 saturated carbocycles. The summed E-state index contributed by atoms with van der Waals surface area (Å²) in [5, 5.41) is 0. The molecule has 0 N–H and O–H groups in total. The lowest BCUT2D eigenvalue weighted by Gasteiger charge is -1.93. The van der Waals surface area contributed by atoms with Crippen LogP contribution in [-0.2, 0) is 0 Å². The van der Waals surface area contributed by atoms with Crippen molar-refractivity contribution in [3.63, 3.8) is 0 Å². The Kier molecular flexibility index (Phi) is 1.16. The molecule has 1 aliphatic carbocycles. The molecule has 1 fully saturated rings. The van der Waals surface area contributed by atoms with Crippen LogP contribution in [0, 0.1) is 23.7 Å². The summed E-state index contributed by atoms with van der Waals surface area (Å²) in [6.45, 7) is 4.27. The van der Waals surface area contributed by atoms with Gasteiger partial charge >= 0.3 is 0 Å². The van der Waals surface area contributed by atoms with Crippen molar-refractivity contribution < 1.29 is 0 Å². The highest BCUT2D eigenvalue weighted by atomic mass is 79.9. The fourth-order valence-corrected chi connectivity index (χ4v) is 1.82. The lowest BCUT2D eigenvalue weighted by Crippen LogP contribution is -1.91. The maximum absolute atomic E-state index is 5.27. The van der Waals surface area contributed by atoms with Gasteiger partial charge in [-0.05, 0) is 12.8 Å². The molecule has 0 heterocycles. The van der Waals surface area contributed by atoms with Gasteiger partial charge in [-0.1, -0.05) is 28.8 Å². The zero-order valence-electron chi connectivity index (χ0n) is 5.11. The highest BCUT2D eigenvalue weighted by molar-refractivity contribution is 9.09. The molecule has 0 spiro atoms. The van der Waals surface area contributed by atoms with Gasteiger partial charge in [0.15, 0.2) is 0 Å². The van der Waals surface area contributed by atoms with E-state index in [-0.39, 0.29) is 5.41 Å². The van der Waals surface area contributed by atoms with E-state index in [9.17, 15) is 0 Å². The predicted molar refractivity (Wildman–Crippen MR) is 38.8 cm³/mol. The first-order valence-corrected chi connectivity index (χ1v) is 3.66. The van der Waals surface area contributed by atoms with Gasteiger partial charge in [0.05, 0.1) is 0 Å². The van der Waals surface area contributed by atoms with Gasteiger partial charge in [0.1, 0.15) is 0 Å². The lowest BCUT2D eigenvalue weighted by atomic mass is 10.1. The Morgan fingerprint density at radius 2 is 2.12 bits per heavy atom. The minimum atomic E-state index is 0.153. The summed E-state index contributed by atoms with van der Waals surface area (Å²) in [6.07, 6.45) is 5.27. The molecule has 0 radical (unpaired) electrons. The third-order valence-corrected chi connectivity index (χ3v) is 3.90. The molecule has 0 aromatic heterocycles. The number of hydrogen-bond acceptors (Lipinski definition) is 0. The van der Waals surface area contributed by atoms with Gasteiger partial charge in [0.2, 0.25) is 0 Å². The normalized spacial score (nSPS) is 52.8. The van der Waals surface area contributed by atoms with Gasteiger partial charge in [-0.25, -0.2) is 0 Å². The van der Waals surface area contributed by atoms with Gasteiger partial charge in [0.25, 0.3) is 0 Å². The minimum Gasteiger partial charge on any atom is -0.119 e. The van der Waals surface area contributed by atoms with Crippen LogP contribution in [0.15, 0.2) is 0 Å². The van der Waals surface area contributed by atoms with Crippen LogP contribution in [-0.4, -0.2) is 4.83 Å². The van der Waals surface area contributed by atoms with E-state index in [4.69, 9.17) is 6.42 Å². The van der Waals surface area contributed by atoms with Crippen LogP contribution in [0.3, 0.4) is 0 Å². The molecule has 0 aliphatic heterocycles. The second kappa shape index (κ2) is 1.51. The van der Waals surface area contributed by atoms with Crippen molar-refractivity contribution in [2.45, 2.75) is 18.7 Å². The van der Waals surface area contributed by atoms with Gasteiger partial charge in [-0.3, -0.25) is 0 Å². The number of rotatable bonds is 0. The third kappa shape index (κ3) is 0.528. The van der Waals surface area contributed by atoms with E-state index < -0.39 is 0 Å². The topological polar surface area (TPSA) is 0 Å². The van der Waals surface area contributed by atoms with E-state index in [0.29, 0.717) is 10.7 Å². The summed E-state index contributed by atoms with van der Waals surface area (Å²) in [6, 6.07) is 0. The predicted octanol–water partition coefficient (Wildman–Crippen LogP) is 2.04. The fraction of sp³-hybridized carbons (Fsp3) is 0.714. The summed E-state index contributed by atoms with van der Waals surface area (Å²) in [4.78, 5) is 0.556. The fourth-order valence-electron chi connectivity index (χ4n) is 0.876. The molecule has 0 aromatic rings. The van der Waals surface area contributed by atoms with E-state index in [1.807, 2.05) is 0 Å². The Labute approximate surface area is 58.8 Å². The summed E-state index contributed by atoms with van der Waals surface area (Å²) in [5.74, 6) is 3.43. The first-order valence-electron chi connectivity index (χ1n) is 2.74. The molecule has 1 aliphatic rings. The molecule has 1 heteroatoms. The summed E-state index contributed by atoms with van der Waals surface area (Å²) in [7, 11) is 0. The van der Waals surface area contributed by atoms with Crippen molar-refractivity contribution in [1.29, 1.82) is 0 Å². The Morgan fingerprint density at radius 3 is 2.12 bits per heavy atom. The van der Waals surface area contributed by atoms with Crippen LogP contribution in [0.5, 0.6) is 0 Å². The Hall–Kier alpha value is 0.0400. The number of hydrogen-bond donors (Lipinski definition) is 0. The second-order valence-corrected chi connectivity index (χ2v) is 3.60. The average molecular weight is 173 g/mol. The second-order valence-electron chi connectivity index (χ2n) is 2.62. The molecule has 0 saturated heterocycles. The van der Waals surface area contributed by atoms with Crippen LogP contribution in [0.25, 0.3) is 0 Å². The smallest absolute Gasteiger partial charge is 0.0448 e. The van der Waals surface area contributed by atoms with Gasteiger partial charge < -0.3 is 0 Å². The molecular formula is C7H9Br. The van der Waals surface area contributed by atoms with Crippen molar-refractivity contribution in [2.75, 3.05) is 0 Å². The van der Waals surface area contributed by atoms with E-state index >= 15 is 0 Å². The van der Waals surface area contributed by atoms with Crippen LogP contribution in [0.4, 0.5) is 0 Å². The first kappa shape index (κ1) is 6.16. The highest BCUT2D eigenvalue weighted by Gasteiger charge is 2.55. The SMILES string of the molecule is C#CC1(C)C(C)C1Br. The highest BCUT2D eigenvalue weighted by Crippen LogP contribution is 2.56. The Bertz CT molecular complexity index is 135. The van der Waals surface area contributed by atoms with E-state index in [1.54, 1.807) is 0 Å². The molecule has 1 rings (SSSR count).